The molecule has 0 heterocycles. The van der Waals surface area contributed by atoms with Crippen LogP contribution in [0.5, 0.6) is 11.5 Å². The fraction of sp³-hybridized carbons (Fsp3) is 0. The zero-order valence-corrected chi connectivity index (χ0v) is 34.9. The molecular formula is C56H40O2Si2-2. The van der Waals surface area contributed by atoms with Gasteiger partial charge in [0.05, 0.1) is 0 Å². The zero-order chi connectivity index (χ0) is 40.5. The first-order chi connectivity index (χ1) is 29.6. The highest BCUT2D eigenvalue weighted by atomic mass is 28.3. The van der Waals surface area contributed by atoms with E-state index < -0.39 is 16.1 Å². The molecule has 60 heavy (non-hydrogen) atoms. The van der Waals surface area contributed by atoms with Gasteiger partial charge in [0, 0.05) is 0 Å². The van der Waals surface area contributed by atoms with Crippen molar-refractivity contribution < 1.29 is 10.2 Å². The van der Waals surface area contributed by atoms with Gasteiger partial charge in [0.15, 0.2) is 16.1 Å². The molecule has 0 aliphatic heterocycles. The molecule has 2 nitrogen and oxygen atoms in total. The van der Waals surface area contributed by atoms with Gasteiger partial charge >= 0.3 is 0 Å². The van der Waals surface area contributed by atoms with Crippen molar-refractivity contribution in [2.75, 3.05) is 0 Å². The van der Waals surface area contributed by atoms with Gasteiger partial charge < -0.3 is 10.2 Å². The second-order valence-electron chi connectivity index (χ2n) is 15.4. The molecule has 0 N–H and O–H groups in total. The Bertz CT molecular complexity index is 2680. The molecule has 10 aromatic carbocycles. The summed E-state index contributed by atoms with van der Waals surface area (Å²) in [5.74, 6) is -0.217. The van der Waals surface area contributed by atoms with Gasteiger partial charge in [-0.05, 0) is 63.8 Å². The van der Waals surface area contributed by atoms with Crippen molar-refractivity contribution in [3.05, 3.63) is 243 Å². The van der Waals surface area contributed by atoms with Gasteiger partial charge in [0.25, 0.3) is 0 Å². The molecule has 0 atom stereocenters. The van der Waals surface area contributed by atoms with Gasteiger partial charge in [-0.3, -0.25) is 0 Å². The van der Waals surface area contributed by atoms with Crippen LogP contribution in [0.3, 0.4) is 0 Å². The molecule has 0 amide bonds. The average molecular weight is 801 g/mol. The van der Waals surface area contributed by atoms with Crippen molar-refractivity contribution in [3.63, 3.8) is 0 Å². The molecule has 0 aliphatic carbocycles. The first kappa shape index (κ1) is 37.1. The summed E-state index contributed by atoms with van der Waals surface area (Å²) < 4.78 is 0. The van der Waals surface area contributed by atoms with Gasteiger partial charge in [-0.1, -0.05) is 253 Å². The van der Waals surface area contributed by atoms with E-state index in [4.69, 9.17) is 0 Å². The minimum atomic E-state index is -3.32. The van der Waals surface area contributed by atoms with Crippen LogP contribution in [0, 0.1) is 0 Å². The van der Waals surface area contributed by atoms with Gasteiger partial charge in [-0.15, -0.1) is 11.5 Å². The maximum Gasteiger partial charge on any atom is 0.179 e. The number of hydrogen-bond acceptors (Lipinski definition) is 2. The van der Waals surface area contributed by atoms with E-state index in [1.54, 1.807) is 0 Å². The quantitative estimate of drug-likeness (QED) is 0.123. The van der Waals surface area contributed by atoms with Crippen LogP contribution in [-0.4, -0.2) is 16.1 Å². The summed E-state index contributed by atoms with van der Waals surface area (Å²) in [7, 11) is -6.65. The number of hydrogen-bond donors (Lipinski definition) is 0. The molecule has 0 spiro atoms. The lowest BCUT2D eigenvalue weighted by Crippen LogP contribution is -2.75. The molecule has 4 heteroatoms. The van der Waals surface area contributed by atoms with Gasteiger partial charge in [0.2, 0.25) is 0 Å². The van der Waals surface area contributed by atoms with Gasteiger partial charge in [-0.2, -0.15) is 0 Å². The van der Waals surface area contributed by atoms with E-state index in [0.717, 1.165) is 63.0 Å². The van der Waals surface area contributed by atoms with E-state index in [1.807, 2.05) is 72.8 Å². The lowest BCUT2D eigenvalue weighted by molar-refractivity contribution is -0.269. The summed E-state index contributed by atoms with van der Waals surface area (Å²) in [6.07, 6.45) is 0. The van der Waals surface area contributed by atoms with Crippen molar-refractivity contribution in [1.82, 2.24) is 0 Å². The van der Waals surface area contributed by atoms with Crippen molar-refractivity contribution in [2.45, 2.75) is 0 Å². The molecule has 0 aliphatic rings. The summed E-state index contributed by atoms with van der Waals surface area (Å²) >= 11 is 0. The third kappa shape index (κ3) is 5.83. The van der Waals surface area contributed by atoms with E-state index in [2.05, 4.69) is 170 Å². The molecule has 10 rings (SSSR count). The van der Waals surface area contributed by atoms with Gasteiger partial charge in [0.1, 0.15) is 0 Å². The Kier molecular flexibility index (Phi) is 9.57. The molecule has 0 saturated heterocycles. The lowest BCUT2D eigenvalue weighted by Gasteiger charge is -2.41. The molecule has 0 bridgehead atoms. The summed E-state index contributed by atoms with van der Waals surface area (Å²) in [5.41, 5.74) is 0.922. The van der Waals surface area contributed by atoms with Crippen LogP contribution < -0.4 is 51.7 Å². The summed E-state index contributed by atoms with van der Waals surface area (Å²) in [6.45, 7) is 0. The second kappa shape index (κ2) is 15.5. The van der Waals surface area contributed by atoms with Crippen molar-refractivity contribution >= 4 is 79.2 Å². The predicted octanol–water partition coefficient (Wildman–Crippen LogP) is 6.56. The third-order valence-electron chi connectivity index (χ3n) is 12.3. The normalized spacial score (nSPS) is 11.8. The van der Waals surface area contributed by atoms with Crippen LogP contribution in [0.1, 0.15) is 0 Å². The van der Waals surface area contributed by atoms with Crippen LogP contribution >= 0.6 is 0 Å². The van der Waals surface area contributed by atoms with E-state index in [-0.39, 0.29) is 11.5 Å². The standard InChI is InChI=1S/C56H42O2Si2/c57-55-51(59(43-25-7-1-8-26-43,44-27-9-2-10-28-44)45-29-11-3-12-30-45)39-41-23-19-21-37-49(41)53(55)54-50-38-22-20-24-42(50)40-52(56(54)58)60(46-31-13-4-14-32-46,47-33-15-5-16-34-47)48-35-17-6-18-36-48/h1-40,57-58H/p-2. The fourth-order valence-electron chi connectivity index (χ4n) is 9.77. The van der Waals surface area contributed by atoms with Crippen molar-refractivity contribution in [2.24, 2.45) is 0 Å². The van der Waals surface area contributed by atoms with Gasteiger partial charge in [-0.25, -0.2) is 0 Å². The van der Waals surface area contributed by atoms with E-state index in [1.165, 1.54) is 0 Å². The Morgan fingerprint density at radius 1 is 0.250 bits per heavy atom. The molecule has 286 valence electrons. The number of fused-ring (bicyclic) bond motifs is 2. The fourth-order valence-corrected chi connectivity index (χ4v) is 19.5. The van der Waals surface area contributed by atoms with Crippen molar-refractivity contribution in [3.8, 4) is 22.6 Å². The highest BCUT2D eigenvalue weighted by molar-refractivity contribution is 7.21. The average Bonchev–Trinajstić information content (AvgIpc) is 3.32. The SMILES string of the molecule is [O-]c1c([Si](c2ccccc2)(c2ccccc2)c2ccccc2)cc2ccccc2c1-c1c([O-])c([Si](c2ccccc2)(c2ccccc2)c2ccccc2)cc2ccccc12. The minimum absolute atomic E-state index is 0.109. The highest BCUT2D eigenvalue weighted by Gasteiger charge is 2.44. The van der Waals surface area contributed by atoms with E-state index >= 15 is 10.2 Å². The summed E-state index contributed by atoms with van der Waals surface area (Å²) in [4.78, 5) is 0. The maximum atomic E-state index is 16.4. The summed E-state index contributed by atoms with van der Waals surface area (Å²) in [6, 6.07) is 83.7. The minimum Gasteiger partial charge on any atom is -0.872 e. The number of benzene rings is 10. The first-order valence-corrected chi connectivity index (χ1v) is 24.4. The molecule has 0 radical (unpaired) electrons. The topological polar surface area (TPSA) is 46.1 Å². The largest absolute Gasteiger partial charge is 0.872 e. The Balaban J connectivity index is 1.40. The Morgan fingerprint density at radius 2 is 0.467 bits per heavy atom. The van der Waals surface area contributed by atoms with Crippen LogP contribution in [0.25, 0.3) is 32.7 Å². The second-order valence-corrected chi connectivity index (χ2v) is 22.9. The molecular weight excluding hydrogens is 761 g/mol. The Labute approximate surface area is 353 Å². The Morgan fingerprint density at radius 3 is 0.717 bits per heavy atom. The zero-order valence-electron chi connectivity index (χ0n) is 32.9. The molecule has 0 unspecified atom stereocenters. The monoisotopic (exact) mass is 800 g/mol. The van der Waals surface area contributed by atoms with Crippen LogP contribution in [-0.2, 0) is 0 Å². The molecule has 0 saturated carbocycles. The summed E-state index contributed by atoms with van der Waals surface area (Å²) in [5, 5.41) is 44.3. The van der Waals surface area contributed by atoms with Crippen LogP contribution in [0.2, 0.25) is 0 Å². The third-order valence-corrected chi connectivity index (χ3v) is 21.9. The molecule has 0 aromatic heterocycles. The molecule has 10 aromatic rings. The lowest BCUT2D eigenvalue weighted by atomic mass is 9.92. The van der Waals surface area contributed by atoms with Crippen LogP contribution in [0.4, 0.5) is 0 Å². The first-order valence-electron chi connectivity index (χ1n) is 20.4. The predicted molar refractivity (Wildman–Crippen MR) is 253 cm³/mol. The maximum absolute atomic E-state index is 16.4. The van der Waals surface area contributed by atoms with Crippen molar-refractivity contribution in [1.29, 1.82) is 0 Å². The number of rotatable bonds is 9. The molecule has 0 fully saturated rings. The van der Waals surface area contributed by atoms with Crippen LogP contribution in [0.15, 0.2) is 243 Å². The van der Waals surface area contributed by atoms with E-state index in [0.29, 0.717) is 11.1 Å². The highest BCUT2D eigenvalue weighted by Crippen LogP contribution is 2.43. The van der Waals surface area contributed by atoms with E-state index in [9.17, 15) is 0 Å². The Hall–Kier alpha value is -7.25. The smallest absolute Gasteiger partial charge is 0.179 e.